The summed E-state index contributed by atoms with van der Waals surface area (Å²) in [7, 11) is 2.01. The van der Waals surface area contributed by atoms with E-state index in [1.165, 1.54) is 17.4 Å². The van der Waals surface area contributed by atoms with Gasteiger partial charge in [0.25, 0.3) is 0 Å². The predicted molar refractivity (Wildman–Crippen MR) is 77.8 cm³/mol. The van der Waals surface area contributed by atoms with Crippen molar-refractivity contribution in [3.63, 3.8) is 0 Å². The summed E-state index contributed by atoms with van der Waals surface area (Å²) in [4.78, 5) is 4.42. The summed E-state index contributed by atoms with van der Waals surface area (Å²) < 4.78 is 0. The number of pyridine rings is 1. The molecule has 2 heteroatoms. The van der Waals surface area contributed by atoms with Crippen LogP contribution < -0.4 is 5.32 Å². The molecule has 18 heavy (non-hydrogen) atoms. The number of benzene rings is 1. The molecule has 1 aromatic carbocycles. The van der Waals surface area contributed by atoms with E-state index in [1.807, 2.05) is 19.3 Å². The molecule has 1 aromatic heterocycles. The van der Waals surface area contributed by atoms with Gasteiger partial charge < -0.3 is 5.32 Å². The van der Waals surface area contributed by atoms with Crippen LogP contribution in [0.2, 0.25) is 0 Å². The van der Waals surface area contributed by atoms with Gasteiger partial charge in [0.15, 0.2) is 0 Å². The minimum atomic E-state index is 0.313. The number of nitrogens with zero attached hydrogens (tertiary/aromatic N) is 1. The summed E-state index contributed by atoms with van der Waals surface area (Å²) in [5.41, 5.74) is 2.81. The van der Waals surface area contributed by atoms with Gasteiger partial charge in [0, 0.05) is 11.6 Å². The van der Waals surface area contributed by atoms with E-state index in [-0.39, 0.29) is 0 Å². The summed E-state index contributed by atoms with van der Waals surface area (Å²) in [6.07, 6.45) is 4.20. The fraction of sp³-hybridized carbons (Fsp3) is 0.438. The lowest BCUT2D eigenvalue weighted by Gasteiger charge is -2.25. The Morgan fingerprint density at radius 3 is 2.72 bits per heavy atom. The fourth-order valence-corrected chi connectivity index (χ4v) is 2.38. The standard InChI is InChI=1S/C16H22N2/c1-16(2,9-11-17-3)12-13-8-10-18-15-7-5-4-6-14(13)15/h4-8,10,17H,9,11-12H2,1-3H3. The Hall–Kier alpha value is -1.41. The minimum Gasteiger partial charge on any atom is -0.320 e. The van der Waals surface area contributed by atoms with Gasteiger partial charge >= 0.3 is 0 Å². The first-order valence-corrected chi connectivity index (χ1v) is 6.60. The largest absolute Gasteiger partial charge is 0.320 e. The zero-order valence-electron chi connectivity index (χ0n) is 11.5. The van der Waals surface area contributed by atoms with E-state index in [0.717, 1.165) is 18.5 Å². The van der Waals surface area contributed by atoms with Crippen molar-refractivity contribution in [2.75, 3.05) is 13.6 Å². The van der Waals surface area contributed by atoms with Crippen molar-refractivity contribution < 1.29 is 0 Å². The monoisotopic (exact) mass is 242 g/mol. The summed E-state index contributed by atoms with van der Waals surface area (Å²) in [5, 5.41) is 4.52. The third-order valence-corrected chi connectivity index (χ3v) is 3.46. The molecule has 1 N–H and O–H groups in total. The molecule has 1 heterocycles. The van der Waals surface area contributed by atoms with Crippen LogP contribution in [0.1, 0.15) is 25.8 Å². The van der Waals surface area contributed by atoms with Gasteiger partial charge in [-0.15, -0.1) is 0 Å². The number of hydrogen-bond donors (Lipinski definition) is 1. The molecule has 0 amide bonds. The van der Waals surface area contributed by atoms with E-state index in [0.29, 0.717) is 5.41 Å². The maximum Gasteiger partial charge on any atom is 0.0704 e. The molecule has 0 saturated heterocycles. The number of para-hydroxylation sites is 1. The van der Waals surface area contributed by atoms with Crippen LogP contribution in [0.15, 0.2) is 36.5 Å². The number of rotatable bonds is 5. The third kappa shape index (κ3) is 3.08. The SMILES string of the molecule is CNCCC(C)(C)Cc1ccnc2ccccc12. The van der Waals surface area contributed by atoms with Gasteiger partial charge in [-0.2, -0.15) is 0 Å². The maximum absolute atomic E-state index is 4.42. The van der Waals surface area contributed by atoms with Crippen LogP contribution >= 0.6 is 0 Å². The Kier molecular flexibility index (Phi) is 3.97. The topological polar surface area (TPSA) is 24.9 Å². The van der Waals surface area contributed by atoms with Crippen LogP contribution in [0.25, 0.3) is 10.9 Å². The molecule has 0 aliphatic carbocycles. The molecule has 0 atom stereocenters. The van der Waals surface area contributed by atoms with E-state index in [1.54, 1.807) is 0 Å². The van der Waals surface area contributed by atoms with E-state index >= 15 is 0 Å². The second-order valence-electron chi connectivity index (χ2n) is 5.68. The molecule has 0 spiro atoms. The maximum atomic E-state index is 4.42. The molecule has 0 bridgehead atoms. The molecule has 0 aliphatic heterocycles. The van der Waals surface area contributed by atoms with Crippen LogP contribution in [0, 0.1) is 5.41 Å². The van der Waals surface area contributed by atoms with Crippen LogP contribution in [0.4, 0.5) is 0 Å². The molecular formula is C16H22N2. The first kappa shape index (κ1) is 13.0. The molecule has 0 saturated carbocycles. The quantitative estimate of drug-likeness (QED) is 0.869. The van der Waals surface area contributed by atoms with Crippen LogP contribution in [-0.4, -0.2) is 18.6 Å². The van der Waals surface area contributed by atoms with Crippen molar-refractivity contribution in [2.24, 2.45) is 5.41 Å². The summed E-state index contributed by atoms with van der Waals surface area (Å²) in [5.74, 6) is 0. The number of fused-ring (bicyclic) bond motifs is 1. The van der Waals surface area contributed by atoms with Crippen molar-refractivity contribution in [1.82, 2.24) is 10.3 Å². The molecule has 2 rings (SSSR count). The van der Waals surface area contributed by atoms with E-state index in [2.05, 4.69) is 48.4 Å². The highest BCUT2D eigenvalue weighted by molar-refractivity contribution is 5.81. The summed E-state index contributed by atoms with van der Waals surface area (Å²) >= 11 is 0. The van der Waals surface area contributed by atoms with Crippen LogP contribution in [-0.2, 0) is 6.42 Å². The molecule has 0 fully saturated rings. The van der Waals surface area contributed by atoms with Crippen molar-refractivity contribution >= 4 is 10.9 Å². The minimum absolute atomic E-state index is 0.313. The van der Waals surface area contributed by atoms with Gasteiger partial charge in [-0.05, 0) is 49.5 Å². The van der Waals surface area contributed by atoms with E-state index in [4.69, 9.17) is 0 Å². The Bertz CT molecular complexity index is 512. The third-order valence-electron chi connectivity index (χ3n) is 3.46. The molecule has 0 radical (unpaired) electrons. The number of aromatic nitrogens is 1. The van der Waals surface area contributed by atoms with Gasteiger partial charge in [-0.25, -0.2) is 0 Å². The lowest BCUT2D eigenvalue weighted by molar-refractivity contribution is 0.330. The Labute approximate surface area is 109 Å². The summed E-state index contributed by atoms with van der Waals surface area (Å²) in [6.45, 7) is 5.73. The van der Waals surface area contributed by atoms with Crippen LogP contribution in [0.3, 0.4) is 0 Å². The normalized spacial score (nSPS) is 11.9. The summed E-state index contributed by atoms with van der Waals surface area (Å²) in [6, 6.07) is 10.5. The highest BCUT2D eigenvalue weighted by Gasteiger charge is 2.19. The van der Waals surface area contributed by atoms with Gasteiger partial charge in [0.05, 0.1) is 5.52 Å². The van der Waals surface area contributed by atoms with Crippen molar-refractivity contribution in [2.45, 2.75) is 26.7 Å². The molecule has 2 nitrogen and oxygen atoms in total. The van der Waals surface area contributed by atoms with Gasteiger partial charge in [0.1, 0.15) is 0 Å². The number of hydrogen-bond acceptors (Lipinski definition) is 2. The van der Waals surface area contributed by atoms with Crippen molar-refractivity contribution in [1.29, 1.82) is 0 Å². The van der Waals surface area contributed by atoms with E-state index < -0.39 is 0 Å². The molecular weight excluding hydrogens is 220 g/mol. The van der Waals surface area contributed by atoms with Gasteiger partial charge in [-0.1, -0.05) is 32.0 Å². The average molecular weight is 242 g/mol. The lowest BCUT2D eigenvalue weighted by Crippen LogP contribution is -2.21. The first-order chi connectivity index (χ1) is 8.62. The fourth-order valence-electron chi connectivity index (χ4n) is 2.38. The second-order valence-corrected chi connectivity index (χ2v) is 5.68. The van der Waals surface area contributed by atoms with Crippen molar-refractivity contribution in [3.8, 4) is 0 Å². The van der Waals surface area contributed by atoms with Gasteiger partial charge in [-0.3, -0.25) is 4.98 Å². The zero-order chi connectivity index (χ0) is 13.0. The zero-order valence-corrected chi connectivity index (χ0v) is 11.5. The Morgan fingerprint density at radius 1 is 1.17 bits per heavy atom. The molecule has 96 valence electrons. The van der Waals surface area contributed by atoms with Crippen LogP contribution in [0.5, 0.6) is 0 Å². The number of nitrogens with one attached hydrogen (secondary N) is 1. The first-order valence-electron chi connectivity index (χ1n) is 6.60. The highest BCUT2D eigenvalue weighted by Crippen LogP contribution is 2.28. The average Bonchev–Trinajstić information content (AvgIpc) is 2.37. The Morgan fingerprint density at radius 2 is 1.94 bits per heavy atom. The Balaban J connectivity index is 2.26. The highest BCUT2D eigenvalue weighted by atomic mass is 14.8. The molecule has 2 aromatic rings. The van der Waals surface area contributed by atoms with Crippen molar-refractivity contribution in [3.05, 3.63) is 42.1 Å². The molecule has 0 aliphatic rings. The van der Waals surface area contributed by atoms with E-state index in [9.17, 15) is 0 Å². The smallest absolute Gasteiger partial charge is 0.0704 e. The lowest BCUT2D eigenvalue weighted by atomic mass is 9.82. The second kappa shape index (κ2) is 5.49. The predicted octanol–water partition coefficient (Wildman–Crippen LogP) is 3.41. The molecule has 0 unspecified atom stereocenters. The van der Waals surface area contributed by atoms with Gasteiger partial charge in [0.2, 0.25) is 0 Å².